The van der Waals surface area contributed by atoms with Crippen LogP contribution in [0, 0.1) is 17.3 Å². The molecule has 0 aromatic heterocycles. The third-order valence-electron chi connectivity index (χ3n) is 6.67. The van der Waals surface area contributed by atoms with Gasteiger partial charge in [0.1, 0.15) is 5.75 Å². The van der Waals surface area contributed by atoms with E-state index in [9.17, 15) is 9.59 Å². The van der Waals surface area contributed by atoms with Gasteiger partial charge in [-0.15, -0.1) is 0 Å². The second-order valence-electron chi connectivity index (χ2n) is 8.89. The van der Waals surface area contributed by atoms with Crippen LogP contribution in [0.4, 0.5) is 0 Å². The van der Waals surface area contributed by atoms with Gasteiger partial charge >= 0.3 is 0 Å². The highest BCUT2D eigenvalue weighted by atomic mass is 16.5. The normalized spacial score (nSPS) is 34.1. The van der Waals surface area contributed by atoms with Gasteiger partial charge < -0.3 is 20.3 Å². The predicted molar refractivity (Wildman–Crippen MR) is 102 cm³/mol. The average Bonchev–Trinajstić information content (AvgIpc) is 2.60. The minimum Gasteiger partial charge on any atom is -0.467 e. The molecule has 3 saturated carbocycles. The quantitative estimate of drug-likeness (QED) is 0.849. The number of hydrogen-bond acceptors (Lipinski definition) is 4. The molecular formula is C21H29N3O3. The van der Waals surface area contributed by atoms with Crippen molar-refractivity contribution in [2.75, 3.05) is 27.2 Å². The number of ether oxygens (including phenoxy) is 1. The number of carbonyl (C=O) groups is 2. The standard InChI is InChI=1S/C21H29N3O3/c1-20-9-8-14(12-16(20)19(26)22-10-11-24(2)3)21(13-20)23-18(25)15-6-4-5-7-17(15)27-21/h4-7,14,16H,8-13H2,1-3H3,(H,22,26)(H,23,25)/t14-,16+,20+,21+/m1/s1. The van der Waals surface area contributed by atoms with E-state index in [-0.39, 0.29) is 29.1 Å². The number of amides is 2. The van der Waals surface area contributed by atoms with Gasteiger partial charge in [-0.05, 0) is 50.9 Å². The van der Waals surface area contributed by atoms with Crippen LogP contribution in [0.15, 0.2) is 24.3 Å². The van der Waals surface area contributed by atoms with Crippen molar-refractivity contribution in [1.29, 1.82) is 0 Å². The summed E-state index contributed by atoms with van der Waals surface area (Å²) >= 11 is 0. The van der Waals surface area contributed by atoms with E-state index in [0.717, 1.165) is 25.8 Å². The molecule has 27 heavy (non-hydrogen) atoms. The summed E-state index contributed by atoms with van der Waals surface area (Å²) < 4.78 is 6.40. The molecule has 5 rings (SSSR count). The second kappa shape index (κ2) is 6.51. The Kier molecular flexibility index (Phi) is 4.41. The largest absolute Gasteiger partial charge is 0.467 e. The monoisotopic (exact) mass is 371 g/mol. The van der Waals surface area contributed by atoms with Crippen molar-refractivity contribution >= 4 is 11.8 Å². The molecule has 3 aliphatic carbocycles. The zero-order chi connectivity index (χ0) is 19.2. The first-order valence-electron chi connectivity index (χ1n) is 9.86. The Hall–Kier alpha value is -2.08. The number of hydrogen-bond donors (Lipinski definition) is 2. The number of para-hydroxylation sites is 1. The van der Waals surface area contributed by atoms with Crippen LogP contribution in [0.25, 0.3) is 0 Å². The highest BCUT2D eigenvalue weighted by Crippen LogP contribution is 2.58. The van der Waals surface area contributed by atoms with Crippen LogP contribution in [-0.2, 0) is 4.79 Å². The zero-order valence-corrected chi connectivity index (χ0v) is 16.4. The molecule has 1 heterocycles. The van der Waals surface area contributed by atoms with E-state index in [1.54, 1.807) is 6.07 Å². The Labute approximate surface area is 160 Å². The Morgan fingerprint density at radius 2 is 2.15 bits per heavy atom. The maximum absolute atomic E-state index is 12.9. The fraction of sp³-hybridized carbons (Fsp3) is 0.619. The Balaban J connectivity index is 1.53. The maximum atomic E-state index is 12.9. The minimum atomic E-state index is -0.682. The Morgan fingerprint density at radius 3 is 2.89 bits per heavy atom. The summed E-state index contributed by atoms with van der Waals surface area (Å²) in [6.07, 6.45) is 3.40. The number of benzene rings is 1. The lowest BCUT2D eigenvalue weighted by atomic mass is 9.52. The van der Waals surface area contributed by atoms with Gasteiger partial charge in [-0.1, -0.05) is 19.1 Å². The lowest BCUT2D eigenvalue weighted by molar-refractivity contribution is -0.167. The molecule has 3 fully saturated rings. The summed E-state index contributed by atoms with van der Waals surface area (Å²) in [6.45, 7) is 3.67. The SMILES string of the molecule is CN(C)CCNC(=O)[C@@H]1C[C@H]2CC[C@@]1(C)C[C@@]21NC(=O)c2ccccc2O1. The lowest BCUT2D eigenvalue weighted by Crippen LogP contribution is -2.69. The van der Waals surface area contributed by atoms with Crippen LogP contribution in [-0.4, -0.2) is 49.6 Å². The van der Waals surface area contributed by atoms with Gasteiger partial charge in [0.2, 0.25) is 5.91 Å². The van der Waals surface area contributed by atoms with Gasteiger partial charge in [0.15, 0.2) is 5.72 Å². The molecule has 1 aromatic rings. The number of nitrogens with zero attached hydrogens (tertiary/aromatic N) is 1. The molecule has 0 saturated heterocycles. The lowest BCUT2D eigenvalue weighted by Gasteiger charge is -2.59. The average molecular weight is 371 g/mol. The minimum absolute atomic E-state index is 0.0262. The van der Waals surface area contributed by atoms with Crippen LogP contribution < -0.4 is 15.4 Å². The fourth-order valence-electron chi connectivity index (χ4n) is 5.18. The molecule has 4 atom stereocenters. The van der Waals surface area contributed by atoms with Crippen LogP contribution >= 0.6 is 0 Å². The van der Waals surface area contributed by atoms with E-state index < -0.39 is 5.72 Å². The Morgan fingerprint density at radius 1 is 1.37 bits per heavy atom. The maximum Gasteiger partial charge on any atom is 0.258 e. The van der Waals surface area contributed by atoms with Crippen molar-refractivity contribution in [1.82, 2.24) is 15.5 Å². The molecule has 6 heteroatoms. The van der Waals surface area contributed by atoms with Crippen LogP contribution in [0.3, 0.4) is 0 Å². The first-order chi connectivity index (χ1) is 12.8. The number of rotatable bonds is 4. The highest BCUT2D eigenvalue weighted by molar-refractivity contribution is 5.98. The van der Waals surface area contributed by atoms with Gasteiger partial charge in [0.05, 0.1) is 5.56 Å². The van der Waals surface area contributed by atoms with Gasteiger partial charge in [-0.25, -0.2) is 0 Å². The molecule has 6 nitrogen and oxygen atoms in total. The number of carbonyl (C=O) groups excluding carboxylic acids is 2. The molecule has 4 aliphatic rings. The third-order valence-corrected chi connectivity index (χ3v) is 6.67. The van der Waals surface area contributed by atoms with Crippen LogP contribution in [0.1, 0.15) is 43.0 Å². The third kappa shape index (κ3) is 3.10. The molecule has 146 valence electrons. The molecule has 1 aliphatic heterocycles. The van der Waals surface area contributed by atoms with Crippen molar-refractivity contribution in [2.24, 2.45) is 17.3 Å². The summed E-state index contributed by atoms with van der Waals surface area (Å²) in [5, 5.41) is 6.26. The fourth-order valence-corrected chi connectivity index (χ4v) is 5.18. The van der Waals surface area contributed by atoms with E-state index in [2.05, 4.69) is 22.5 Å². The first-order valence-corrected chi connectivity index (χ1v) is 9.86. The Bertz CT molecular complexity index is 765. The van der Waals surface area contributed by atoms with E-state index in [1.807, 2.05) is 32.3 Å². The van der Waals surface area contributed by atoms with Crippen LogP contribution in [0.5, 0.6) is 5.75 Å². The van der Waals surface area contributed by atoms with Crippen molar-refractivity contribution in [3.05, 3.63) is 29.8 Å². The predicted octanol–water partition coefficient (Wildman–Crippen LogP) is 2.01. The topological polar surface area (TPSA) is 70.7 Å². The van der Waals surface area contributed by atoms with Gasteiger partial charge in [-0.2, -0.15) is 0 Å². The van der Waals surface area contributed by atoms with E-state index >= 15 is 0 Å². The molecule has 1 spiro atoms. The summed E-state index contributed by atoms with van der Waals surface area (Å²) in [6, 6.07) is 7.41. The number of nitrogens with one attached hydrogen (secondary N) is 2. The molecule has 0 radical (unpaired) electrons. The molecule has 1 aromatic carbocycles. The van der Waals surface area contributed by atoms with E-state index in [1.165, 1.54) is 0 Å². The second-order valence-corrected chi connectivity index (χ2v) is 8.89. The molecule has 0 unspecified atom stereocenters. The van der Waals surface area contributed by atoms with Gasteiger partial charge in [0, 0.05) is 31.3 Å². The van der Waals surface area contributed by atoms with Crippen molar-refractivity contribution in [3.63, 3.8) is 0 Å². The summed E-state index contributed by atoms with van der Waals surface area (Å²) in [4.78, 5) is 27.6. The molecular weight excluding hydrogens is 342 g/mol. The number of fused-ring (bicyclic) bond motifs is 3. The smallest absolute Gasteiger partial charge is 0.258 e. The van der Waals surface area contributed by atoms with Gasteiger partial charge in [0.25, 0.3) is 5.91 Å². The number of likely N-dealkylation sites (N-methyl/N-ethyl adjacent to an activating group) is 1. The summed E-state index contributed by atoms with van der Waals surface area (Å²) in [5.41, 5.74) is -0.261. The summed E-state index contributed by atoms with van der Waals surface area (Å²) in [5.74, 6) is 0.855. The van der Waals surface area contributed by atoms with Crippen molar-refractivity contribution in [2.45, 2.75) is 38.3 Å². The van der Waals surface area contributed by atoms with E-state index in [4.69, 9.17) is 4.74 Å². The molecule has 2 amide bonds. The van der Waals surface area contributed by atoms with Crippen molar-refractivity contribution < 1.29 is 14.3 Å². The zero-order valence-electron chi connectivity index (χ0n) is 16.4. The highest BCUT2D eigenvalue weighted by Gasteiger charge is 2.61. The van der Waals surface area contributed by atoms with Crippen LogP contribution in [0.2, 0.25) is 0 Å². The molecule has 2 bridgehead atoms. The van der Waals surface area contributed by atoms with Crippen molar-refractivity contribution in [3.8, 4) is 5.75 Å². The van der Waals surface area contributed by atoms with Gasteiger partial charge in [-0.3, -0.25) is 9.59 Å². The summed E-state index contributed by atoms with van der Waals surface area (Å²) in [7, 11) is 4.00. The molecule has 2 N–H and O–H groups in total. The first kappa shape index (κ1) is 18.3. The van der Waals surface area contributed by atoms with E-state index in [0.29, 0.717) is 24.3 Å².